The highest BCUT2D eigenvalue weighted by molar-refractivity contribution is 7.99. The molecule has 2 fully saturated rings. The topological polar surface area (TPSA) is 43.8 Å². The van der Waals surface area contributed by atoms with Crippen molar-refractivity contribution in [2.24, 2.45) is 5.41 Å². The van der Waals surface area contributed by atoms with Crippen LogP contribution < -0.4 is 0 Å². The average molecular weight is 300 g/mol. The first-order valence-corrected chi connectivity index (χ1v) is 8.78. The molecule has 0 aromatic heterocycles. The summed E-state index contributed by atoms with van der Waals surface area (Å²) in [6, 6.07) is 0. The van der Waals surface area contributed by atoms with Gasteiger partial charge in [0.15, 0.2) is 5.60 Å². The zero-order valence-corrected chi connectivity index (χ0v) is 13.8. The third kappa shape index (κ3) is 4.12. The van der Waals surface area contributed by atoms with Gasteiger partial charge in [-0.1, -0.05) is 20.8 Å². The minimum Gasteiger partial charge on any atom is -0.379 e. The summed E-state index contributed by atoms with van der Waals surface area (Å²) >= 11 is 1.95. The number of rotatable bonds is 3. The fourth-order valence-electron chi connectivity index (χ4n) is 3.06. The molecule has 4 nitrogen and oxygen atoms in total. The Bertz CT molecular complexity index is 350. The number of hydrogen-bond donors (Lipinski definition) is 1. The number of hydrogen-bond acceptors (Lipinski definition) is 4. The number of β-amino-alcohol motifs (C(OH)–C–C–N with tert-alkyl or cyclic N) is 1. The molecule has 0 aliphatic carbocycles. The first-order chi connectivity index (χ1) is 9.30. The number of likely N-dealkylation sites (tertiary alicyclic amines) is 1. The molecule has 2 heterocycles. The Morgan fingerprint density at radius 2 is 1.90 bits per heavy atom. The predicted molar refractivity (Wildman–Crippen MR) is 84.0 cm³/mol. The third-order valence-corrected chi connectivity index (χ3v) is 4.90. The maximum atomic E-state index is 12.6. The van der Waals surface area contributed by atoms with Crippen LogP contribution in [0.2, 0.25) is 0 Å². The first kappa shape index (κ1) is 16.1. The molecular weight excluding hydrogens is 272 g/mol. The lowest BCUT2D eigenvalue weighted by Crippen LogP contribution is -2.60. The summed E-state index contributed by atoms with van der Waals surface area (Å²) in [6.45, 7) is 10.4. The molecule has 1 amide bonds. The summed E-state index contributed by atoms with van der Waals surface area (Å²) < 4.78 is 0. The average Bonchev–Trinajstić information content (AvgIpc) is 2.35. The molecule has 2 aliphatic heterocycles. The van der Waals surface area contributed by atoms with E-state index >= 15 is 0 Å². The summed E-state index contributed by atoms with van der Waals surface area (Å²) in [5.74, 6) is 2.16. The lowest BCUT2D eigenvalue weighted by Gasteiger charge is -2.43. The van der Waals surface area contributed by atoms with Gasteiger partial charge in [-0.2, -0.15) is 11.8 Å². The highest BCUT2D eigenvalue weighted by atomic mass is 32.2. The van der Waals surface area contributed by atoms with Gasteiger partial charge in [0, 0.05) is 44.2 Å². The summed E-state index contributed by atoms with van der Waals surface area (Å²) in [4.78, 5) is 16.8. The molecular formula is C15H28N2O2S. The van der Waals surface area contributed by atoms with Crippen LogP contribution >= 0.6 is 11.8 Å². The molecule has 0 bridgehead atoms. The fraction of sp³-hybridized carbons (Fsp3) is 0.933. The van der Waals surface area contributed by atoms with Crippen molar-refractivity contribution in [2.75, 3.05) is 44.2 Å². The summed E-state index contributed by atoms with van der Waals surface area (Å²) in [6.07, 6.45) is 1.51. The van der Waals surface area contributed by atoms with E-state index in [1.807, 2.05) is 16.7 Å². The van der Waals surface area contributed by atoms with Crippen LogP contribution in [0.5, 0.6) is 0 Å². The zero-order chi connectivity index (χ0) is 14.8. The molecule has 0 saturated carbocycles. The van der Waals surface area contributed by atoms with Crippen LogP contribution in [-0.4, -0.2) is 70.6 Å². The Morgan fingerprint density at radius 1 is 1.25 bits per heavy atom. The third-order valence-electron chi connectivity index (χ3n) is 3.96. The Hall–Kier alpha value is -0.260. The lowest BCUT2D eigenvalue weighted by atomic mass is 9.88. The van der Waals surface area contributed by atoms with Gasteiger partial charge in [0.2, 0.25) is 0 Å². The Kier molecular flexibility index (Phi) is 5.03. The Morgan fingerprint density at radius 3 is 2.50 bits per heavy atom. The van der Waals surface area contributed by atoms with E-state index in [1.165, 1.54) is 0 Å². The van der Waals surface area contributed by atoms with Gasteiger partial charge in [-0.05, 0) is 18.3 Å². The van der Waals surface area contributed by atoms with Crippen molar-refractivity contribution >= 4 is 17.7 Å². The molecule has 0 radical (unpaired) electrons. The van der Waals surface area contributed by atoms with Gasteiger partial charge < -0.3 is 10.0 Å². The van der Waals surface area contributed by atoms with Crippen LogP contribution in [0.3, 0.4) is 0 Å². The maximum Gasteiger partial charge on any atom is 0.255 e. The van der Waals surface area contributed by atoms with E-state index in [-0.39, 0.29) is 11.3 Å². The molecule has 20 heavy (non-hydrogen) atoms. The van der Waals surface area contributed by atoms with Gasteiger partial charge >= 0.3 is 0 Å². The first-order valence-electron chi connectivity index (χ1n) is 7.62. The van der Waals surface area contributed by atoms with Crippen molar-refractivity contribution in [2.45, 2.75) is 39.2 Å². The van der Waals surface area contributed by atoms with E-state index in [1.54, 1.807) is 0 Å². The molecule has 116 valence electrons. The monoisotopic (exact) mass is 300 g/mol. The molecule has 2 aliphatic rings. The second kappa shape index (κ2) is 6.24. The number of carbonyl (C=O) groups is 1. The minimum absolute atomic E-state index is 0.0584. The number of aliphatic hydroxyl groups is 1. The summed E-state index contributed by atoms with van der Waals surface area (Å²) in [5.41, 5.74) is -1.08. The molecule has 0 spiro atoms. The molecule has 0 aromatic carbocycles. The molecule has 2 saturated heterocycles. The number of thioether (sulfide) groups is 1. The normalized spacial score (nSPS) is 29.8. The maximum absolute atomic E-state index is 12.6. The van der Waals surface area contributed by atoms with Crippen molar-refractivity contribution in [1.29, 1.82) is 0 Å². The standard InChI is InChI=1S/C15H28N2O2S/c1-14(2,3)11-17-6-4-5-15(19,13(17)18)12-16-7-9-20-10-8-16/h19H,4-12H2,1-3H3/t15-/m1/s1. The Labute approximate surface area is 126 Å². The van der Waals surface area contributed by atoms with Crippen LogP contribution in [0.4, 0.5) is 0 Å². The van der Waals surface area contributed by atoms with Crippen LogP contribution in [-0.2, 0) is 4.79 Å². The quantitative estimate of drug-likeness (QED) is 0.856. The highest BCUT2D eigenvalue weighted by Gasteiger charge is 2.44. The second-order valence-electron chi connectivity index (χ2n) is 7.31. The molecule has 5 heteroatoms. The van der Waals surface area contributed by atoms with Crippen LogP contribution in [0.15, 0.2) is 0 Å². The van der Waals surface area contributed by atoms with Crippen molar-refractivity contribution in [1.82, 2.24) is 9.80 Å². The number of carbonyl (C=O) groups excluding carboxylic acids is 1. The van der Waals surface area contributed by atoms with Gasteiger partial charge in [0.05, 0.1) is 0 Å². The van der Waals surface area contributed by atoms with Gasteiger partial charge in [0.25, 0.3) is 5.91 Å². The van der Waals surface area contributed by atoms with Gasteiger partial charge in [-0.3, -0.25) is 9.69 Å². The summed E-state index contributed by atoms with van der Waals surface area (Å²) in [7, 11) is 0. The predicted octanol–water partition coefficient (Wildman–Crippen LogP) is 1.43. The van der Waals surface area contributed by atoms with E-state index in [0.717, 1.165) is 44.1 Å². The SMILES string of the molecule is CC(C)(C)CN1CCC[C@@](O)(CN2CCSCC2)C1=O. The molecule has 2 rings (SSSR count). The number of piperidine rings is 1. The molecule has 1 N–H and O–H groups in total. The van der Waals surface area contributed by atoms with Gasteiger partial charge in [-0.15, -0.1) is 0 Å². The number of amides is 1. The highest BCUT2D eigenvalue weighted by Crippen LogP contribution is 2.27. The largest absolute Gasteiger partial charge is 0.379 e. The van der Waals surface area contributed by atoms with Crippen LogP contribution in [0, 0.1) is 5.41 Å². The Balaban J connectivity index is 2.00. The lowest BCUT2D eigenvalue weighted by molar-refractivity contribution is -0.160. The van der Waals surface area contributed by atoms with Gasteiger partial charge in [-0.25, -0.2) is 0 Å². The molecule has 1 atom stereocenters. The molecule has 0 aromatic rings. The van der Waals surface area contributed by atoms with Gasteiger partial charge in [0.1, 0.15) is 0 Å². The van der Waals surface area contributed by atoms with Crippen molar-refractivity contribution in [3.8, 4) is 0 Å². The van der Waals surface area contributed by atoms with Crippen LogP contribution in [0.25, 0.3) is 0 Å². The van der Waals surface area contributed by atoms with E-state index in [9.17, 15) is 9.90 Å². The summed E-state index contributed by atoms with van der Waals surface area (Å²) in [5, 5.41) is 10.8. The smallest absolute Gasteiger partial charge is 0.255 e. The van der Waals surface area contributed by atoms with Crippen molar-refractivity contribution in [3.63, 3.8) is 0 Å². The van der Waals surface area contributed by atoms with Crippen molar-refractivity contribution in [3.05, 3.63) is 0 Å². The van der Waals surface area contributed by atoms with E-state index < -0.39 is 5.60 Å². The fourth-order valence-corrected chi connectivity index (χ4v) is 4.04. The van der Waals surface area contributed by atoms with E-state index in [2.05, 4.69) is 25.7 Å². The van der Waals surface area contributed by atoms with E-state index in [0.29, 0.717) is 13.0 Å². The van der Waals surface area contributed by atoms with E-state index in [4.69, 9.17) is 0 Å². The minimum atomic E-state index is -1.16. The molecule has 0 unspecified atom stereocenters. The number of nitrogens with zero attached hydrogens (tertiary/aromatic N) is 2. The zero-order valence-electron chi connectivity index (χ0n) is 13.0. The van der Waals surface area contributed by atoms with Crippen molar-refractivity contribution < 1.29 is 9.90 Å². The van der Waals surface area contributed by atoms with Crippen LogP contribution in [0.1, 0.15) is 33.6 Å². The second-order valence-corrected chi connectivity index (χ2v) is 8.54.